The zero-order chi connectivity index (χ0) is 9.84. The lowest BCUT2D eigenvalue weighted by Crippen LogP contribution is -1.82. The summed E-state index contributed by atoms with van der Waals surface area (Å²) >= 11 is 6.52. The van der Waals surface area contributed by atoms with Gasteiger partial charge in [-0.3, -0.25) is 0 Å². The smallest absolute Gasteiger partial charge is 0.137 e. The molecule has 0 saturated carbocycles. The molecule has 1 atom stereocenters. The number of hydrogen-bond donors (Lipinski definition) is 0. The van der Waals surface area contributed by atoms with Gasteiger partial charge in [0.05, 0.1) is 4.47 Å². The highest BCUT2D eigenvalue weighted by Gasteiger charge is 1.97. The SMILES string of the molecule is CC(Br)/C=C/c1ccc(F)c(Br)c1. The lowest BCUT2D eigenvalue weighted by atomic mass is 10.2. The molecule has 0 radical (unpaired) electrons. The Morgan fingerprint density at radius 1 is 1.46 bits per heavy atom. The molecule has 13 heavy (non-hydrogen) atoms. The van der Waals surface area contributed by atoms with E-state index in [1.165, 1.54) is 6.07 Å². The molecule has 0 saturated heterocycles. The minimum absolute atomic E-state index is 0.232. The van der Waals surface area contributed by atoms with Crippen molar-refractivity contribution in [3.63, 3.8) is 0 Å². The summed E-state index contributed by atoms with van der Waals surface area (Å²) in [5, 5.41) is 0. The van der Waals surface area contributed by atoms with E-state index < -0.39 is 0 Å². The fraction of sp³-hybridized carbons (Fsp3) is 0.200. The van der Waals surface area contributed by atoms with Crippen LogP contribution >= 0.6 is 31.9 Å². The third kappa shape index (κ3) is 3.61. The van der Waals surface area contributed by atoms with Crippen molar-refractivity contribution in [2.24, 2.45) is 0 Å². The highest BCUT2D eigenvalue weighted by atomic mass is 79.9. The fourth-order valence-electron chi connectivity index (χ4n) is 0.860. The van der Waals surface area contributed by atoms with Crippen LogP contribution in [0.2, 0.25) is 0 Å². The Bertz CT molecular complexity index is 319. The molecule has 0 aliphatic heterocycles. The van der Waals surface area contributed by atoms with Gasteiger partial charge < -0.3 is 0 Å². The van der Waals surface area contributed by atoms with Gasteiger partial charge in [-0.15, -0.1) is 0 Å². The normalized spacial score (nSPS) is 13.5. The summed E-state index contributed by atoms with van der Waals surface area (Å²) in [4.78, 5) is 0.330. The number of rotatable bonds is 2. The van der Waals surface area contributed by atoms with Crippen LogP contribution in [0.1, 0.15) is 12.5 Å². The van der Waals surface area contributed by atoms with Gasteiger partial charge in [0, 0.05) is 4.83 Å². The van der Waals surface area contributed by atoms with Gasteiger partial charge in [-0.2, -0.15) is 0 Å². The number of hydrogen-bond acceptors (Lipinski definition) is 0. The Kier molecular flexibility index (Phi) is 4.13. The maximum atomic E-state index is 12.8. The molecule has 70 valence electrons. The second-order valence-electron chi connectivity index (χ2n) is 2.71. The molecule has 0 nitrogen and oxygen atoms in total. The topological polar surface area (TPSA) is 0 Å². The Balaban J connectivity index is 2.85. The molecule has 0 aliphatic carbocycles. The molecule has 1 aromatic rings. The number of benzene rings is 1. The summed E-state index contributed by atoms with van der Waals surface area (Å²) in [6, 6.07) is 4.94. The average Bonchev–Trinajstić information content (AvgIpc) is 2.07. The summed E-state index contributed by atoms with van der Waals surface area (Å²) in [6.07, 6.45) is 3.95. The maximum absolute atomic E-state index is 12.8. The third-order valence-corrected chi connectivity index (χ3v) is 2.41. The summed E-state index contributed by atoms with van der Waals surface area (Å²) < 4.78 is 13.3. The predicted octanol–water partition coefficient (Wildman–Crippen LogP) is 4.38. The van der Waals surface area contributed by atoms with E-state index in [1.54, 1.807) is 12.1 Å². The van der Waals surface area contributed by atoms with Crippen LogP contribution in [0.25, 0.3) is 6.08 Å². The highest BCUT2D eigenvalue weighted by Crippen LogP contribution is 2.18. The van der Waals surface area contributed by atoms with Crippen LogP contribution in [0.15, 0.2) is 28.7 Å². The van der Waals surface area contributed by atoms with Gasteiger partial charge in [0.25, 0.3) is 0 Å². The molecule has 1 aromatic carbocycles. The fourth-order valence-corrected chi connectivity index (χ4v) is 1.41. The second kappa shape index (κ2) is 4.91. The second-order valence-corrected chi connectivity index (χ2v) is 5.01. The largest absolute Gasteiger partial charge is 0.206 e. The molecule has 0 N–H and O–H groups in total. The summed E-state index contributed by atoms with van der Waals surface area (Å²) in [7, 11) is 0. The zero-order valence-electron chi connectivity index (χ0n) is 7.10. The molecule has 0 spiro atoms. The Morgan fingerprint density at radius 2 is 2.15 bits per heavy atom. The maximum Gasteiger partial charge on any atom is 0.137 e. The van der Waals surface area contributed by atoms with E-state index in [1.807, 2.05) is 19.1 Å². The molecular formula is C10H9Br2F. The van der Waals surface area contributed by atoms with Gasteiger partial charge in [-0.05, 0) is 40.5 Å². The van der Waals surface area contributed by atoms with E-state index in [2.05, 4.69) is 31.9 Å². The van der Waals surface area contributed by atoms with Gasteiger partial charge in [0.15, 0.2) is 0 Å². The van der Waals surface area contributed by atoms with Crippen molar-refractivity contribution in [1.29, 1.82) is 0 Å². The first-order chi connectivity index (χ1) is 6.09. The summed E-state index contributed by atoms with van der Waals surface area (Å²) in [5.41, 5.74) is 0.986. The van der Waals surface area contributed by atoms with Gasteiger partial charge >= 0.3 is 0 Å². The van der Waals surface area contributed by atoms with Crippen molar-refractivity contribution < 1.29 is 4.39 Å². The highest BCUT2D eigenvalue weighted by molar-refractivity contribution is 9.10. The number of alkyl halides is 1. The average molecular weight is 308 g/mol. The molecule has 0 heterocycles. The van der Waals surface area contributed by atoms with E-state index in [0.717, 1.165) is 5.56 Å². The Hall–Kier alpha value is -0.150. The molecule has 0 aromatic heterocycles. The standard InChI is InChI=1S/C10H9Br2F/c1-7(11)2-3-8-4-5-10(13)9(12)6-8/h2-7H,1H3/b3-2+. The Morgan fingerprint density at radius 3 is 2.69 bits per heavy atom. The van der Waals surface area contributed by atoms with Gasteiger partial charge in [0.2, 0.25) is 0 Å². The number of allylic oxidation sites excluding steroid dienone is 1. The predicted molar refractivity (Wildman–Crippen MR) is 61.5 cm³/mol. The van der Waals surface area contributed by atoms with Crippen molar-refractivity contribution in [3.8, 4) is 0 Å². The van der Waals surface area contributed by atoms with Gasteiger partial charge in [0.1, 0.15) is 5.82 Å². The molecule has 3 heteroatoms. The first-order valence-corrected chi connectivity index (χ1v) is 5.58. The van der Waals surface area contributed by atoms with E-state index >= 15 is 0 Å². The lowest BCUT2D eigenvalue weighted by molar-refractivity contribution is 0.621. The quantitative estimate of drug-likeness (QED) is 0.711. The van der Waals surface area contributed by atoms with Crippen molar-refractivity contribution in [3.05, 3.63) is 40.1 Å². The van der Waals surface area contributed by atoms with Crippen LogP contribution in [0.4, 0.5) is 4.39 Å². The first-order valence-electron chi connectivity index (χ1n) is 3.87. The lowest BCUT2D eigenvalue weighted by Gasteiger charge is -1.97. The van der Waals surface area contributed by atoms with Gasteiger partial charge in [-0.1, -0.05) is 34.1 Å². The van der Waals surface area contributed by atoms with E-state index in [4.69, 9.17) is 0 Å². The Labute approximate surface area is 94.1 Å². The van der Waals surface area contributed by atoms with E-state index in [0.29, 0.717) is 9.30 Å². The van der Waals surface area contributed by atoms with Crippen LogP contribution in [0, 0.1) is 5.82 Å². The zero-order valence-corrected chi connectivity index (χ0v) is 10.3. The molecular weight excluding hydrogens is 299 g/mol. The van der Waals surface area contributed by atoms with E-state index in [9.17, 15) is 4.39 Å². The van der Waals surface area contributed by atoms with Crippen molar-refractivity contribution in [2.75, 3.05) is 0 Å². The molecule has 0 bridgehead atoms. The minimum Gasteiger partial charge on any atom is -0.206 e. The van der Waals surface area contributed by atoms with Gasteiger partial charge in [-0.25, -0.2) is 4.39 Å². The van der Waals surface area contributed by atoms with Crippen molar-refractivity contribution in [2.45, 2.75) is 11.8 Å². The number of halogens is 3. The third-order valence-electron chi connectivity index (χ3n) is 1.50. The summed E-state index contributed by atoms with van der Waals surface area (Å²) in [6.45, 7) is 2.02. The molecule has 1 rings (SSSR count). The summed E-state index contributed by atoms with van der Waals surface area (Å²) in [5.74, 6) is -0.232. The van der Waals surface area contributed by atoms with Crippen molar-refractivity contribution >= 4 is 37.9 Å². The molecule has 0 fully saturated rings. The van der Waals surface area contributed by atoms with Crippen LogP contribution in [0.3, 0.4) is 0 Å². The van der Waals surface area contributed by atoms with Crippen LogP contribution in [-0.2, 0) is 0 Å². The minimum atomic E-state index is -0.232. The molecule has 1 unspecified atom stereocenters. The van der Waals surface area contributed by atoms with Crippen LogP contribution in [0.5, 0.6) is 0 Å². The monoisotopic (exact) mass is 306 g/mol. The van der Waals surface area contributed by atoms with Crippen molar-refractivity contribution in [1.82, 2.24) is 0 Å². The van der Waals surface area contributed by atoms with Crippen LogP contribution in [-0.4, -0.2) is 4.83 Å². The first kappa shape index (κ1) is 10.9. The molecule has 0 amide bonds. The van der Waals surface area contributed by atoms with Crippen LogP contribution < -0.4 is 0 Å². The van der Waals surface area contributed by atoms with E-state index in [-0.39, 0.29) is 5.82 Å². The molecule has 0 aliphatic rings.